The molecule has 0 spiro atoms. The Bertz CT molecular complexity index is 565. The molecule has 0 aliphatic carbocycles. The third-order valence-corrected chi connectivity index (χ3v) is 3.34. The molecule has 0 unspecified atom stereocenters. The summed E-state index contributed by atoms with van der Waals surface area (Å²) in [6, 6.07) is 5.53. The summed E-state index contributed by atoms with van der Waals surface area (Å²) in [5.41, 5.74) is 7.33. The van der Waals surface area contributed by atoms with Crippen LogP contribution >= 0.6 is 27.5 Å². The first-order valence-electron chi connectivity index (χ1n) is 5.12. The van der Waals surface area contributed by atoms with E-state index in [1.165, 1.54) is 4.68 Å². The topological polar surface area (TPSA) is 69.9 Å². The van der Waals surface area contributed by atoms with Crippen molar-refractivity contribution in [3.63, 3.8) is 0 Å². The van der Waals surface area contributed by atoms with Crippen molar-refractivity contribution in [2.24, 2.45) is 0 Å². The van der Waals surface area contributed by atoms with Crippen LogP contribution < -0.4 is 11.6 Å². The van der Waals surface area contributed by atoms with Gasteiger partial charge in [0.15, 0.2) is 5.82 Å². The molecule has 0 atom stereocenters. The summed E-state index contributed by atoms with van der Waals surface area (Å²) in [6.07, 6.45) is 0.715. The molecule has 0 radical (unpaired) electrons. The number of nitrogens with two attached hydrogens (primary N) is 2. The van der Waals surface area contributed by atoms with E-state index in [0.717, 1.165) is 15.9 Å². The number of rotatable bonds is 2. The second-order valence-electron chi connectivity index (χ2n) is 3.61. The highest BCUT2D eigenvalue weighted by Crippen LogP contribution is 2.33. The van der Waals surface area contributed by atoms with Crippen LogP contribution in [-0.4, -0.2) is 9.66 Å². The minimum absolute atomic E-state index is 0.418. The number of imidazole rings is 1. The Labute approximate surface area is 113 Å². The number of hydrogen-bond acceptors (Lipinski definition) is 3. The van der Waals surface area contributed by atoms with Crippen LogP contribution in [0, 0.1) is 0 Å². The van der Waals surface area contributed by atoms with Gasteiger partial charge in [-0.15, -0.1) is 0 Å². The maximum Gasteiger partial charge on any atom is 0.150 e. The Kier molecular flexibility index (Phi) is 3.31. The maximum atomic E-state index is 6.14. The fraction of sp³-hybridized carbons (Fsp3) is 0.182. The quantitative estimate of drug-likeness (QED) is 0.837. The molecule has 0 amide bonds. The molecular weight excluding hydrogens is 304 g/mol. The van der Waals surface area contributed by atoms with Gasteiger partial charge in [0.1, 0.15) is 11.5 Å². The van der Waals surface area contributed by atoms with Crippen molar-refractivity contribution in [1.29, 1.82) is 0 Å². The Balaban J connectivity index is 2.64. The zero-order valence-electron chi connectivity index (χ0n) is 9.24. The van der Waals surface area contributed by atoms with Gasteiger partial charge in [-0.05, 0) is 18.2 Å². The molecule has 0 aliphatic rings. The lowest BCUT2D eigenvalue weighted by molar-refractivity contribution is 0.865. The van der Waals surface area contributed by atoms with Crippen LogP contribution in [0.25, 0.3) is 11.3 Å². The molecule has 2 aromatic rings. The number of aromatic nitrogens is 2. The second-order valence-corrected chi connectivity index (χ2v) is 4.93. The van der Waals surface area contributed by atoms with Crippen LogP contribution in [0.2, 0.25) is 5.02 Å². The molecular formula is C11H12BrClN4. The summed E-state index contributed by atoms with van der Waals surface area (Å²) in [4.78, 5) is 4.41. The molecule has 4 N–H and O–H groups in total. The van der Waals surface area contributed by atoms with Gasteiger partial charge in [0.05, 0.1) is 5.02 Å². The van der Waals surface area contributed by atoms with E-state index in [9.17, 15) is 0 Å². The average molecular weight is 316 g/mol. The van der Waals surface area contributed by atoms with Gasteiger partial charge >= 0.3 is 0 Å². The summed E-state index contributed by atoms with van der Waals surface area (Å²) >= 11 is 9.54. The fourth-order valence-corrected chi connectivity index (χ4v) is 2.19. The highest BCUT2D eigenvalue weighted by atomic mass is 79.9. The van der Waals surface area contributed by atoms with Crippen LogP contribution in [-0.2, 0) is 6.42 Å². The highest BCUT2D eigenvalue weighted by Gasteiger charge is 2.16. The summed E-state index contributed by atoms with van der Waals surface area (Å²) in [5, 5.41) is 0.598. The Morgan fingerprint density at radius 2 is 2.18 bits per heavy atom. The number of nitrogens with zero attached hydrogens (tertiary/aromatic N) is 2. The first kappa shape index (κ1) is 12.3. The molecule has 0 bridgehead atoms. The molecule has 0 saturated heterocycles. The molecule has 4 nitrogen and oxygen atoms in total. The van der Waals surface area contributed by atoms with Crippen LogP contribution in [0.1, 0.15) is 12.7 Å². The van der Waals surface area contributed by atoms with E-state index in [1.807, 2.05) is 19.1 Å². The number of aryl methyl sites for hydroxylation is 1. The van der Waals surface area contributed by atoms with Gasteiger partial charge < -0.3 is 11.6 Å². The highest BCUT2D eigenvalue weighted by molar-refractivity contribution is 9.10. The number of nitrogen functional groups attached to an aromatic ring is 2. The van der Waals surface area contributed by atoms with Crippen molar-refractivity contribution in [2.75, 3.05) is 11.6 Å². The normalized spacial score (nSPS) is 10.8. The molecule has 1 aromatic heterocycles. The minimum atomic E-state index is 0.418. The molecule has 1 heterocycles. The van der Waals surface area contributed by atoms with Crippen molar-refractivity contribution in [3.8, 4) is 11.3 Å². The first-order chi connectivity index (χ1) is 8.04. The van der Waals surface area contributed by atoms with Gasteiger partial charge in [-0.2, -0.15) is 0 Å². The number of benzene rings is 1. The van der Waals surface area contributed by atoms with Crippen molar-refractivity contribution >= 4 is 33.3 Å². The lowest BCUT2D eigenvalue weighted by Gasteiger charge is -2.03. The smallest absolute Gasteiger partial charge is 0.150 e. The third-order valence-electron chi connectivity index (χ3n) is 2.52. The largest absolute Gasteiger partial charge is 0.382 e. The zero-order valence-corrected chi connectivity index (χ0v) is 11.6. The minimum Gasteiger partial charge on any atom is -0.382 e. The molecule has 6 heteroatoms. The van der Waals surface area contributed by atoms with E-state index in [0.29, 0.717) is 23.0 Å². The summed E-state index contributed by atoms with van der Waals surface area (Å²) < 4.78 is 2.31. The van der Waals surface area contributed by atoms with Crippen LogP contribution in [0.5, 0.6) is 0 Å². The van der Waals surface area contributed by atoms with E-state index in [-0.39, 0.29) is 0 Å². The van der Waals surface area contributed by atoms with Gasteiger partial charge in [0, 0.05) is 16.5 Å². The second kappa shape index (κ2) is 4.58. The van der Waals surface area contributed by atoms with Gasteiger partial charge in [0.2, 0.25) is 0 Å². The van der Waals surface area contributed by atoms with E-state index in [1.54, 1.807) is 6.07 Å². The van der Waals surface area contributed by atoms with E-state index in [2.05, 4.69) is 20.9 Å². The predicted octanol–water partition coefficient (Wildman–Crippen LogP) is 2.82. The predicted molar refractivity (Wildman–Crippen MR) is 74.3 cm³/mol. The first-order valence-corrected chi connectivity index (χ1v) is 6.29. The fourth-order valence-electron chi connectivity index (χ4n) is 1.62. The molecule has 1 aromatic carbocycles. The van der Waals surface area contributed by atoms with Crippen LogP contribution in [0.4, 0.5) is 5.82 Å². The lowest BCUT2D eigenvalue weighted by atomic mass is 10.1. The standard InChI is InChI=1S/C11H12BrClN4/c1-2-9-16-10(11(14)17(9)15)7-5-6(12)3-4-8(7)13/h3-5H,2,14-15H2,1H3. The Morgan fingerprint density at radius 1 is 1.47 bits per heavy atom. The Morgan fingerprint density at radius 3 is 2.76 bits per heavy atom. The van der Waals surface area contributed by atoms with Gasteiger partial charge in [-0.25, -0.2) is 9.66 Å². The van der Waals surface area contributed by atoms with Crippen molar-refractivity contribution in [1.82, 2.24) is 9.66 Å². The zero-order chi connectivity index (χ0) is 12.6. The molecule has 17 heavy (non-hydrogen) atoms. The number of hydrogen-bond donors (Lipinski definition) is 2. The number of anilines is 1. The monoisotopic (exact) mass is 314 g/mol. The van der Waals surface area contributed by atoms with E-state index >= 15 is 0 Å². The summed E-state index contributed by atoms with van der Waals surface area (Å²) in [7, 11) is 0. The third kappa shape index (κ3) is 2.12. The SMILES string of the molecule is CCc1nc(-c2cc(Br)ccc2Cl)c(N)n1N. The molecule has 0 saturated carbocycles. The van der Waals surface area contributed by atoms with Crippen molar-refractivity contribution in [3.05, 3.63) is 33.5 Å². The van der Waals surface area contributed by atoms with Crippen molar-refractivity contribution in [2.45, 2.75) is 13.3 Å². The van der Waals surface area contributed by atoms with Crippen molar-refractivity contribution < 1.29 is 0 Å². The Hall–Kier alpha value is -1.20. The molecule has 0 fully saturated rings. The molecule has 2 rings (SSSR count). The van der Waals surface area contributed by atoms with Gasteiger partial charge in [-0.3, -0.25) is 0 Å². The molecule has 90 valence electrons. The molecule has 0 aliphatic heterocycles. The maximum absolute atomic E-state index is 6.14. The van der Waals surface area contributed by atoms with E-state index < -0.39 is 0 Å². The summed E-state index contributed by atoms with van der Waals surface area (Å²) in [5.74, 6) is 6.96. The van der Waals surface area contributed by atoms with Gasteiger partial charge in [0.25, 0.3) is 0 Å². The van der Waals surface area contributed by atoms with Crippen LogP contribution in [0.15, 0.2) is 22.7 Å². The average Bonchev–Trinajstić information content (AvgIpc) is 2.59. The summed E-state index contributed by atoms with van der Waals surface area (Å²) in [6.45, 7) is 1.97. The van der Waals surface area contributed by atoms with E-state index in [4.69, 9.17) is 23.2 Å². The van der Waals surface area contributed by atoms with Crippen LogP contribution in [0.3, 0.4) is 0 Å². The van der Waals surface area contributed by atoms with Gasteiger partial charge in [-0.1, -0.05) is 34.5 Å². The number of halogens is 2. The lowest BCUT2D eigenvalue weighted by Crippen LogP contribution is -2.14.